The minimum Gasteiger partial charge on any atom is -0.353 e. The SMILES string of the molecule is CN1CCN(C(C(=O)NCCN2CCNCC2)c2ccccc2)CC1. The first kappa shape index (κ1) is 18.3. The third-order valence-corrected chi connectivity index (χ3v) is 5.20. The van der Waals surface area contributed by atoms with E-state index in [2.05, 4.69) is 44.5 Å². The predicted octanol–water partition coefficient (Wildman–Crippen LogP) is -0.00350. The molecule has 25 heavy (non-hydrogen) atoms. The molecule has 0 spiro atoms. The van der Waals surface area contributed by atoms with Gasteiger partial charge >= 0.3 is 0 Å². The van der Waals surface area contributed by atoms with Gasteiger partial charge in [0.25, 0.3) is 0 Å². The van der Waals surface area contributed by atoms with Gasteiger partial charge in [-0.2, -0.15) is 0 Å². The Hall–Kier alpha value is -1.47. The van der Waals surface area contributed by atoms with E-state index in [0.717, 1.165) is 71.0 Å². The van der Waals surface area contributed by atoms with Crippen LogP contribution in [0.15, 0.2) is 30.3 Å². The van der Waals surface area contributed by atoms with Crippen molar-refractivity contribution < 1.29 is 4.79 Å². The summed E-state index contributed by atoms with van der Waals surface area (Å²) in [6.45, 7) is 9.75. The normalized spacial score (nSPS) is 21.8. The Balaban J connectivity index is 1.59. The van der Waals surface area contributed by atoms with Gasteiger partial charge in [0.15, 0.2) is 0 Å². The van der Waals surface area contributed by atoms with Crippen molar-refractivity contribution in [3.05, 3.63) is 35.9 Å². The van der Waals surface area contributed by atoms with Gasteiger partial charge in [-0.15, -0.1) is 0 Å². The number of hydrogen-bond acceptors (Lipinski definition) is 5. The molecule has 2 heterocycles. The third kappa shape index (κ3) is 5.25. The van der Waals surface area contributed by atoms with Crippen molar-refractivity contribution in [2.45, 2.75) is 6.04 Å². The van der Waals surface area contributed by atoms with Crippen LogP contribution in [0.5, 0.6) is 0 Å². The number of likely N-dealkylation sites (N-methyl/N-ethyl adjacent to an activating group) is 1. The van der Waals surface area contributed by atoms with Crippen LogP contribution >= 0.6 is 0 Å². The molecule has 0 bridgehead atoms. The topological polar surface area (TPSA) is 50.9 Å². The van der Waals surface area contributed by atoms with Gasteiger partial charge in [0, 0.05) is 65.4 Å². The molecule has 0 radical (unpaired) electrons. The van der Waals surface area contributed by atoms with Crippen molar-refractivity contribution in [3.63, 3.8) is 0 Å². The summed E-state index contributed by atoms with van der Waals surface area (Å²) in [5, 5.41) is 6.54. The zero-order valence-electron chi connectivity index (χ0n) is 15.3. The fraction of sp³-hybridized carbons (Fsp3) is 0.632. The number of hydrogen-bond donors (Lipinski definition) is 2. The number of carbonyl (C=O) groups excluding carboxylic acids is 1. The van der Waals surface area contributed by atoms with Crippen LogP contribution in [0.4, 0.5) is 0 Å². The van der Waals surface area contributed by atoms with Crippen molar-refractivity contribution in [1.29, 1.82) is 0 Å². The van der Waals surface area contributed by atoms with E-state index >= 15 is 0 Å². The second kappa shape index (κ2) is 9.29. The van der Waals surface area contributed by atoms with E-state index in [4.69, 9.17) is 0 Å². The van der Waals surface area contributed by atoms with Crippen molar-refractivity contribution in [2.24, 2.45) is 0 Å². The maximum Gasteiger partial charge on any atom is 0.242 e. The molecule has 2 aliphatic rings. The molecule has 1 atom stereocenters. The number of benzene rings is 1. The van der Waals surface area contributed by atoms with Gasteiger partial charge in [-0.1, -0.05) is 30.3 Å². The van der Waals surface area contributed by atoms with Crippen molar-refractivity contribution in [2.75, 3.05) is 72.5 Å². The second-order valence-corrected chi connectivity index (χ2v) is 7.04. The van der Waals surface area contributed by atoms with Gasteiger partial charge in [0.05, 0.1) is 0 Å². The molecule has 2 N–H and O–H groups in total. The quantitative estimate of drug-likeness (QED) is 0.760. The minimum absolute atomic E-state index is 0.130. The Morgan fingerprint density at radius 2 is 1.76 bits per heavy atom. The van der Waals surface area contributed by atoms with Crippen molar-refractivity contribution in [3.8, 4) is 0 Å². The monoisotopic (exact) mass is 345 g/mol. The highest BCUT2D eigenvalue weighted by molar-refractivity contribution is 5.83. The molecule has 2 aliphatic heterocycles. The van der Waals surface area contributed by atoms with Crippen LogP contribution < -0.4 is 10.6 Å². The summed E-state index contributed by atoms with van der Waals surface area (Å²) in [5.74, 6) is 0.130. The summed E-state index contributed by atoms with van der Waals surface area (Å²) >= 11 is 0. The van der Waals surface area contributed by atoms with Gasteiger partial charge in [-0.3, -0.25) is 14.6 Å². The summed E-state index contributed by atoms with van der Waals surface area (Å²) in [6, 6.07) is 10.0. The highest BCUT2D eigenvalue weighted by Crippen LogP contribution is 2.22. The van der Waals surface area contributed by atoms with E-state index < -0.39 is 0 Å². The van der Waals surface area contributed by atoms with E-state index in [0.29, 0.717) is 0 Å². The first-order chi connectivity index (χ1) is 12.2. The maximum absolute atomic E-state index is 13.0. The summed E-state index contributed by atoms with van der Waals surface area (Å²) in [5.41, 5.74) is 1.09. The van der Waals surface area contributed by atoms with Gasteiger partial charge in [-0.25, -0.2) is 0 Å². The fourth-order valence-corrected chi connectivity index (χ4v) is 3.61. The molecular weight excluding hydrogens is 314 g/mol. The number of rotatable bonds is 6. The van der Waals surface area contributed by atoms with Gasteiger partial charge in [0.2, 0.25) is 5.91 Å². The number of nitrogens with one attached hydrogen (secondary N) is 2. The first-order valence-corrected chi connectivity index (χ1v) is 9.42. The average Bonchev–Trinajstić information content (AvgIpc) is 2.65. The Morgan fingerprint density at radius 1 is 1.08 bits per heavy atom. The standard InChI is InChI=1S/C19H31N5O/c1-22-13-15-24(16-14-22)18(17-5-3-2-4-6-17)19(25)21-9-12-23-10-7-20-8-11-23/h2-6,18,20H,7-16H2,1H3,(H,21,25). The van der Waals surface area contributed by atoms with Crippen LogP contribution in [0.2, 0.25) is 0 Å². The van der Waals surface area contributed by atoms with Crippen molar-refractivity contribution >= 4 is 5.91 Å². The molecule has 6 nitrogen and oxygen atoms in total. The fourth-order valence-electron chi connectivity index (χ4n) is 3.61. The number of nitrogens with zero attached hydrogens (tertiary/aromatic N) is 3. The molecule has 3 rings (SSSR count). The second-order valence-electron chi connectivity index (χ2n) is 7.04. The lowest BCUT2D eigenvalue weighted by Gasteiger charge is -2.37. The zero-order valence-corrected chi connectivity index (χ0v) is 15.3. The van der Waals surface area contributed by atoms with Crippen LogP contribution in [0, 0.1) is 0 Å². The summed E-state index contributed by atoms with van der Waals surface area (Å²) in [4.78, 5) is 20.0. The maximum atomic E-state index is 13.0. The van der Waals surface area contributed by atoms with Crippen LogP contribution in [0.25, 0.3) is 0 Å². The van der Waals surface area contributed by atoms with Crippen LogP contribution in [-0.2, 0) is 4.79 Å². The van der Waals surface area contributed by atoms with Gasteiger partial charge < -0.3 is 15.5 Å². The molecule has 2 fully saturated rings. The van der Waals surface area contributed by atoms with Crippen LogP contribution in [0.1, 0.15) is 11.6 Å². The largest absolute Gasteiger partial charge is 0.353 e. The van der Waals surface area contributed by atoms with E-state index in [1.54, 1.807) is 0 Å². The van der Waals surface area contributed by atoms with Crippen molar-refractivity contribution in [1.82, 2.24) is 25.3 Å². The molecule has 1 amide bonds. The Labute approximate surface area is 151 Å². The van der Waals surface area contributed by atoms with Crippen LogP contribution in [-0.4, -0.2) is 93.1 Å². The summed E-state index contributed by atoms with van der Waals surface area (Å²) < 4.78 is 0. The molecule has 0 aromatic heterocycles. The molecule has 0 saturated carbocycles. The van der Waals surface area contributed by atoms with E-state index in [-0.39, 0.29) is 11.9 Å². The predicted molar refractivity (Wildman–Crippen MR) is 101 cm³/mol. The molecule has 1 unspecified atom stereocenters. The molecule has 0 aliphatic carbocycles. The lowest BCUT2D eigenvalue weighted by atomic mass is 10.0. The average molecular weight is 345 g/mol. The third-order valence-electron chi connectivity index (χ3n) is 5.20. The van der Waals surface area contributed by atoms with Gasteiger partial charge in [-0.05, 0) is 12.6 Å². The highest BCUT2D eigenvalue weighted by Gasteiger charge is 2.29. The first-order valence-electron chi connectivity index (χ1n) is 9.42. The number of carbonyl (C=O) groups is 1. The molecule has 6 heteroatoms. The zero-order chi connectivity index (χ0) is 17.5. The van der Waals surface area contributed by atoms with E-state index in [1.807, 2.05) is 18.2 Å². The smallest absolute Gasteiger partial charge is 0.242 e. The Morgan fingerprint density at radius 3 is 2.44 bits per heavy atom. The van der Waals surface area contributed by atoms with Crippen LogP contribution in [0.3, 0.4) is 0 Å². The van der Waals surface area contributed by atoms with E-state index in [1.165, 1.54) is 0 Å². The number of amides is 1. The molecule has 138 valence electrons. The summed E-state index contributed by atoms with van der Waals surface area (Å²) in [6.07, 6.45) is 0. The minimum atomic E-state index is -0.182. The molecular formula is C19H31N5O. The Kier molecular flexibility index (Phi) is 6.81. The van der Waals surface area contributed by atoms with Gasteiger partial charge in [0.1, 0.15) is 6.04 Å². The lowest BCUT2D eigenvalue weighted by molar-refractivity contribution is -0.127. The lowest BCUT2D eigenvalue weighted by Crippen LogP contribution is -2.51. The number of piperazine rings is 2. The van der Waals surface area contributed by atoms with E-state index in [9.17, 15) is 4.79 Å². The molecule has 1 aromatic carbocycles. The summed E-state index contributed by atoms with van der Waals surface area (Å²) in [7, 11) is 2.14. The highest BCUT2D eigenvalue weighted by atomic mass is 16.2. The molecule has 2 saturated heterocycles. The Bertz CT molecular complexity index is 524. The molecule has 1 aromatic rings.